The minimum atomic E-state index is -0.0330. The van der Waals surface area contributed by atoms with Crippen molar-refractivity contribution < 1.29 is 4.79 Å². The molecule has 106 valence electrons. The zero-order valence-corrected chi connectivity index (χ0v) is 12.6. The SMILES string of the molecule is CCN(CC)c1ncccc1CNC(=O)c1cccs1. The van der Waals surface area contributed by atoms with Gasteiger partial charge in [-0.05, 0) is 31.4 Å². The fourth-order valence-corrected chi connectivity index (χ4v) is 2.69. The third kappa shape index (κ3) is 3.36. The van der Waals surface area contributed by atoms with Gasteiger partial charge < -0.3 is 10.2 Å². The number of anilines is 1. The summed E-state index contributed by atoms with van der Waals surface area (Å²) in [5.41, 5.74) is 1.04. The fraction of sp³-hybridized carbons (Fsp3) is 0.333. The second-order valence-electron chi connectivity index (χ2n) is 4.32. The number of carbonyl (C=O) groups is 1. The fourth-order valence-electron chi connectivity index (χ4n) is 2.05. The maximum absolute atomic E-state index is 12.0. The molecule has 0 unspecified atom stereocenters. The molecule has 2 rings (SSSR count). The Morgan fingerprint density at radius 2 is 2.10 bits per heavy atom. The van der Waals surface area contributed by atoms with E-state index in [0.29, 0.717) is 6.54 Å². The molecule has 0 aromatic carbocycles. The Labute approximate surface area is 123 Å². The molecule has 20 heavy (non-hydrogen) atoms. The summed E-state index contributed by atoms with van der Waals surface area (Å²) in [4.78, 5) is 19.3. The standard InChI is InChI=1S/C15H19N3OS/c1-3-18(4-2)14-12(7-5-9-16-14)11-17-15(19)13-8-6-10-20-13/h5-10H,3-4,11H2,1-2H3,(H,17,19). The molecular formula is C15H19N3OS. The van der Waals surface area contributed by atoms with Gasteiger partial charge >= 0.3 is 0 Å². The molecule has 2 aromatic rings. The Morgan fingerprint density at radius 1 is 1.30 bits per heavy atom. The molecule has 0 aliphatic rings. The van der Waals surface area contributed by atoms with Crippen LogP contribution in [-0.2, 0) is 6.54 Å². The van der Waals surface area contributed by atoms with Gasteiger partial charge in [-0.15, -0.1) is 11.3 Å². The number of carbonyl (C=O) groups excluding carboxylic acids is 1. The quantitative estimate of drug-likeness (QED) is 0.889. The summed E-state index contributed by atoms with van der Waals surface area (Å²) in [5.74, 6) is 0.915. The van der Waals surface area contributed by atoms with Gasteiger partial charge in [0.2, 0.25) is 0 Å². The van der Waals surface area contributed by atoms with Crippen LogP contribution in [0.5, 0.6) is 0 Å². The normalized spacial score (nSPS) is 10.3. The number of nitrogens with one attached hydrogen (secondary N) is 1. The largest absolute Gasteiger partial charge is 0.357 e. The molecule has 0 aliphatic carbocycles. The van der Waals surface area contributed by atoms with Crippen molar-refractivity contribution in [2.75, 3.05) is 18.0 Å². The highest BCUT2D eigenvalue weighted by atomic mass is 32.1. The molecule has 1 N–H and O–H groups in total. The molecule has 0 aliphatic heterocycles. The molecule has 2 aromatic heterocycles. The van der Waals surface area contributed by atoms with Crippen LogP contribution in [0.4, 0.5) is 5.82 Å². The van der Waals surface area contributed by atoms with Crippen LogP contribution >= 0.6 is 11.3 Å². The minimum absolute atomic E-state index is 0.0330. The second kappa shape index (κ2) is 7.05. The first-order valence-electron chi connectivity index (χ1n) is 6.76. The molecule has 1 amide bonds. The highest BCUT2D eigenvalue weighted by Crippen LogP contribution is 2.17. The van der Waals surface area contributed by atoms with E-state index in [1.165, 1.54) is 11.3 Å². The van der Waals surface area contributed by atoms with Crippen LogP contribution in [0, 0.1) is 0 Å². The molecule has 2 heterocycles. The monoisotopic (exact) mass is 289 g/mol. The molecule has 4 nitrogen and oxygen atoms in total. The first-order chi connectivity index (χ1) is 9.76. The van der Waals surface area contributed by atoms with E-state index in [1.807, 2.05) is 29.6 Å². The van der Waals surface area contributed by atoms with Crippen molar-refractivity contribution in [3.05, 3.63) is 46.3 Å². The van der Waals surface area contributed by atoms with Crippen molar-refractivity contribution in [2.24, 2.45) is 0 Å². The summed E-state index contributed by atoms with van der Waals surface area (Å²) in [6.07, 6.45) is 1.79. The van der Waals surface area contributed by atoms with Gasteiger partial charge in [0.15, 0.2) is 0 Å². The number of hydrogen-bond acceptors (Lipinski definition) is 4. The Hall–Kier alpha value is -1.88. The van der Waals surface area contributed by atoms with Gasteiger partial charge in [0.25, 0.3) is 5.91 Å². The number of rotatable bonds is 6. The van der Waals surface area contributed by atoms with E-state index in [4.69, 9.17) is 0 Å². The van der Waals surface area contributed by atoms with Gasteiger partial charge in [-0.1, -0.05) is 12.1 Å². The number of amides is 1. The van der Waals surface area contributed by atoms with E-state index in [9.17, 15) is 4.79 Å². The lowest BCUT2D eigenvalue weighted by Crippen LogP contribution is -2.27. The molecular weight excluding hydrogens is 270 g/mol. The summed E-state index contributed by atoms with van der Waals surface area (Å²) in [6, 6.07) is 7.62. The van der Waals surface area contributed by atoms with Crippen LogP contribution in [0.25, 0.3) is 0 Å². The number of pyridine rings is 1. The molecule has 0 radical (unpaired) electrons. The molecule has 0 fully saturated rings. The number of aromatic nitrogens is 1. The summed E-state index contributed by atoms with van der Waals surface area (Å²) in [6.45, 7) is 6.51. The van der Waals surface area contributed by atoms with E-state index in [2.05, 4.69) is 29.0 Å². The molecule has 5 heteroatoms. The predicted octanol–water partition coefficient (Wildman–Crippen LogP) is 2.92. The Bertz CT molecular complexity index is 550. The average Bonchev–Trinajstić information content (AvgIpc) is 3.01. The summed E-state index contributed by atoms with van der Waals surface area (Å²) < 4.78 is 0. The highest BCUT2D eigenvalue weighted by Gasteiger charge is 2.11. The summed E-state index contributed by atoms with van der Waals surface area (Å²) in [5, 5.41) is 4.85. The topological polar surface area (TPSA) is 45.2 Å². The number of nitrogens with zero attached hydrogens (tertiary/aromatic N) is 2. The van der Waals surface area contributed by atoms with Crippen LogP contribution in [0.1, 0.15) is 29.1 Å². The van der Waals surface area contributed by atoms with Crippen LogP contribution in [0.2, 0.25) is 0 Å². The second-order valence-corrected chi connectivity index (χ2v) is 5.27. The zero-order chi connectivity index (χ0) is 14.4. The lowest BCUT2D eigenvalue weighted by Gasteiger charge is -2.22. The Balaban J connectivity index is 2.08. The van der Waals surface area contributed by atoms with E-state index >= 15 is 0 Å². The van der Waals surface area contributed by atoms with Gasteiger partial charge in [0.1, 0.15) is 5.82 Å². The average molecular weight is 289 g/mol. The van der Waals surface area contributed by atoms with Crippen molar-refractivity contribution in [3.63, 3.8) is 0 Å². The molecule has 0 bridgehead atoms. The Morgan fingerprint density at radius 3 is 2.75 bits per heavy atom. The Kier molecular flexibility index (Phi) is 5.12. The van der Waals surface area contributed by atoms with Gasteiger partial charge in [0, 0.05) is 31.4 Å². The molecule has 0 spiro atoms. The van der Waals surface area contributed by atoms with Crippen LogP contribution in [0.15, 0.2) is 35.8 Å². The number of hydrogen-bond donors (Lipinski definition) is 1. The minimum Gasteiger partial charge on any atom is -0.357 e. The van der Waals surface area contributed by atoms with Crippen molar-refractivity contribution in [1.82, 2.24) is 10.3 Å². The summed E-state index contributed by atoms with van der Waals surface area (Å²) in [7, 11) is 0. The van der Waals surface area contributed by atoms with Gasteiger partial charge in [-0.3, -0.25) is 4.79 Å². The maximum Gasteiger partial charge on any atom is 0.261 e. The van der Waals surface area contributed by atoms with E-state index in [1.54, 1.807) is 6.20 Å². The van der Waals surface area contributed by atoms with Gasteiger partial charge in [-0.25, -0.2) is 4.98 Å². The van der Waals surface area contributed by atoms with E-state index < -0.39 is 0 Å². The van der Waals surface area contributed by atoms with Gasteiger partial charge in [0.05, 0.1) is 4.88 Å². The first-order valence-corrected chi connectivity index (χ1v) is 7.64. The first kappa shape index (κ1) is 14.5. The third-order valence-corrected chi connectivity index (χ3v) is 3.98. The smallest absolute Gasteiger partial charge is 0.261 e. The molecule has 0 atom stereocenters. The van der Waals surface area contributed by atoms with Crippen molar-refractivity contribution >= 4 is 23.1 Å². The molecule has 0 saturated heterocycles. The van der Waals surface area contributed by atoms with Crippen molar-refractivity contribution in [3.8, 4) is 0 Å². The predicted molar refractivity (Wildman–Crippen MR) is 83.3 cm³/mol. The lowest BCUT2D eigenvalue weighted by molar-refractivity contribution is 0.0955. The zero-order valence-electron chi connectivity index (χ0n) is 11.8. The maximum atomic E-state index is 12.0. The third-order valence-electron chi connectivity index (χ3n) is 3.11. The van der Waals surface area contributed by atoms with E-state index in [0.717, 1.165) is 29.3 Å². The number of thiophene rings is 1. The van der Waals surface area contributed by atoms with Crippen molar-refractivity contribution in [2.45, 2.75) is 20.4 Å². The molecule has 0 saturated carbocycles. The summed E-state index contributed by atoms with van der Waals surface area (Å²) >= 11 is 1.45. The van der Waals surface area contributed by atoms with E-state index in [-0.39, 0.29) is 5.91 Å². The van der Waals surface area contributed by atoms with Crippen LogP contribution in [-0.4, -0.2) is 24.0 Å². The lowest BCUT2D eigenvalue weighted by atomic mass is 10.2. The van der Waals surface area contributed by atoms with Gasteiger partial charge in [-0.2, -0.15) is 0 Å². The van der Waals surface area contributed by atoms with Crippen LogP contribution in [0.3, 0.4) is 0 Å². The highest BCUT2D eigenvalue weighted by molar-refractivity contribution is 7.12. The van der Waals surface area contributed by atoms with Crippen LogP contribution < -0.4 is 10.2 Å². The van der Waals surface area contributed by atoms with Crippen molar-refractivity contribution in [1.29, 1.82) is 0 Å².